The average Bonchev–Trinajstić information content (AvgIpc) is 2.27. The molecule has 0 atom stereocenters. The smallest absolute Gasteiger partial charge is 0.300 e. The monoisotopic (exact) mass is 270 g/mol. The number of carbonyl (C=O) groups excluding carboxylic acids is 1. The molecule has 0 spiro atoms. The summed E-state index contributed by atoms with van der Waals surface area (Å²) in [5.74, 6) is -0.914. The van der Waals surface area contributed by atoms with Gasteiger partial charge in [0, 0.05) is 13.3 Å². The number of carboxylic acid groups (broad SMARTS) is 1. The fraction of sp³-hybridized carbons (Fsp3) is 0.600. The molecule has 4 nitrogen and oxygen atoms in total. The Kier molecular flexibility index (Phi) is 13.6. The highest BCUT2D eigenvalue weighted by Crippen LogP contribution is 2.08. The maximum Gasteiger partial charge on any atom is 0.300 e. The molecule has 0 rings (SSSR count). The number of hydrogen-bond acceptors (Lipinski definition) is 3. The first kappa shape index (κ1) is 19.9. The van der Waals surface area contributed by atoms with Gasteiger partial charge in [0.05, 0.1) is 0 Å². The number of aliphatic hydroxyl groups is 1. The molecule has 0 aromatic heterocycles. The summed E-state index contributed by atoms with van der Waals surface area (Å²) in [4.78, 5) is 19.8. The van der Waals surface area contributed by atoms with Crippen molar-refractivity contribution in [3.05, 3.63) is 23.3 Å². The van der Waals surface area contributed by atoms with Gasteiger partial charge in [0.2, 0.25) is 0 Å². The summed E-state index contributed by atoms with van der Waals surface area (Å²) in [7, 11) is 0. The van der Waals surface area contributed by atoms with E-state index in [2.05, 4.69) is 32.9 Å². The molecule has 0 bridgehead atoms. The lowest BCUT2D eigenvalue weighted by molar-refractivity contribution is -0.134. The molecule has 0 amide bonds. The van der Waals surface area contributed by atoms with Crippen molar-refractivity contribution in [1.29, 1.82) is 0 Å². The van der Waals surface area contributed by atoms with Gasteiger partial charge in [-0.15, -0.1) is 0 Å². The summed E-state index contributed by atoms with van der Waals surface area (Å²) in [6.07, 6.45) is 7.64. The lowest BCUT2D eigenvalue weighted by Gasteiger charge is -1.99. The van der Waals surface area contributed by atoms with Crippen LogP contribution in [-0.2, 0) is 9.59 Å². The second-order valence-corrected chi connectivity index (χ2v) is 4.63. The molecule has 0 saturated carbocycles. The lowest BCUT2D eigenvalue weighted by Crippen LogP contribution is -2.01. The Morgan fingerprint density at radius 2 is 1.42 bits per heavy atom. The van der Waals surface area contributed by atoms with Gasteiger partial charge in [0.1, 0.15) is 6.61 Å². The molecule has 110 valence electrons. The van der Waals surface area contributed by atoms with Gasteiger partial charge in [0.25, 0.3) is 5.97 Å². The van der Waals surface area contributed by atoms with Crippen LogP contribution in [0.2, 0.25) is 0 Å². The standard InChI is InChI=1S/C13H22O2.C2H4O2/c1-11(2)6-4-7-12(3)8-5-9-13(15)10-14;1-2(3)4/h6,8,14H,4-5,7,9-10H2,1-3H3;1H3,(H,3,4). The van der Waals surface area contributed by atoms with Crippen LogP contribution in [0.25, 0.3) is 0 Å². The molecular weight excluding hydrogens is 244 g/mol. The van der Waals surface area contributed by atoms with Crippen molar-refractivity contribution in [2.75, 3.05) is 6.61 Å². The van der Waals surface area contributed by atoms with Crippen LogP contribution in [0.4, 0.5) is 0 Å². The molecule has 4 heteroatoms. The van der Waals surface area contributed by atoms with Crippen LogP contribution >= 0.6 is 0 Å². The first-order valence-electron chi connectivity index (χ1n) is 6.40. The van der Waals surface area contributed by atoms with E-state index in [9.17, 15) is 4.79 Å². The van der Waals surface area contributed by atoms with Crippen molar-refractivity contribution in [1.82, 2.24) is 0 Å². The van der Waals surface area contributed by atoms with Gasteiger partial charge in [-0.1, -0.05) is 23.3 Å². The lowest BCUT2D eigenvalue weighted by atomic mass is 10.1. The summed E-state index contributed by atoms with van der Waals surface area (Å²) in [5, 5.41) is 15.9. The Balaban J connectivity index is 0. The second-order valence-electron chi connectivity index (χ2n) is 4.63. The minimum Gasteiger partial charge on any atom is -0.481 e. The molecule has 0 fully saturated rings. The zero-order valence-corrected chi connectivity index (χ0v) is 12.4. The van der Waals surface area contributed by atoms with Gasteiger partial charge in [-0.3, -0.25) is 9.59 Å². The summed E-state index contributed by atoms with van der Waals surface area (Å²) in [6, 6.07) is 0. The van der Waals surface area contributed by atoms with E-state index in [-0.39, 0.29) is 12.4 Å². The third-order valence-corrected chi connectivity index (χ3v) is 2.18. The van der Waals surface area contributed by atoms with Crippen molar-refractivity contribution in [2.45, 2.75) is 53.4 Å². The third kappa shape index (κ3) is 22.3. The first-order valence-corrected chi connectivity index (χ1v) is 6.40. The number of aliphatic hydroxyl groups excluding tert-OH is 1. The Morgan fingerprint density at radius 1 is 0.947 bits per heavy atom. The van der Waals surface area contributed by atoms with Crippen molar-refractivity contribution in [2.24, 2.45) is 0 Å². The van der Waals surface area contributed by atoms with E-state index in [0.29, 0.717) is 6.42 Å². The highest BCUT2D eigenvalue weighted by molar-refractivity contribution is 5.79. The van der Waals surface area contributed by atoms with Gasteiger partial charge < -0.3 is 10.2 Å². The summed E-state index contributed by atoms with van der Waals surface area (Å²) >= 11 is 0. The Bertz CT molecular complexity index is 319. The SMILES string of the molecule is CC(=O)O.CC(C)=CCCC(C)=CCCC(=O)CO. The van der Waals surface area contributed by atoms with Crippen LogP contribution in [0.15, 0.2) is 23.3 Å². The van der Waals surface area contributed by atoms with Gasteiger partial charge in [0.15, 0.2) is 5.78 Å². The quantitative estimate of drug-likeness (QED) is 0.697. The van der Waals surface area contributed by atoms with Crippen molar-refractivity contribution >= 4 is 11.8 Å². The van der Waals surface area contributed by atoms with Gasteiger partial charge in [-0.05, 0) is 40.0 Å². The van der Waals surface area contributed by atoms with Crippen LogP contribution in [0, 0.1) is 0 Å². The highest BCUT2D eigenvalue weighted by atomic mass is 16.4. The van der Waals surface area contributed by atoms with Gasteiger partial charge in [-0.2, -0.15) is 0 Å². The normalized spacial score (nSPS) is 10.3. The van der Waals surface area contributed by atoms with Crippen LogP contribution in [0.3, 0.4) is 0 Å². The molecule has 0 aromatic carbocycles. The Hall–Kier alpha value is -1.42. The Labute approximate surface area is 115 Å². The van der Waals surface area contributed by atoms with Gasteiger partial charge in [-0.25, -0.2) is 0 Å². The highest BCUT2D eigenvalue weighted by Gasteiger charge is 1.96. The number of Topliss-reactive ketones (excluding diaryl/α,β-unsaturated/α-hetero) is 1. The molecule has 19 heavy (non-hydrogen) atoms. The molecule has 2 N–H and O–H groups in total. The van der Waals surface area contributed by atoms with E-state index in [0.717, 1.165) is 26.2 Å². The number of ketones is 1. The first-order chi connectivity index (χ1) is 8.79. The molecule has 0 unspecified atom stereocenters. The van der Waals surface area contributed by atoms with E-state index < -0.39 is 5.97 Å². The average molecular weight is 270 g/mol. The number of aliphatic carboxylic acids is 1. The van der Waals surface area contributed by atoms with E-state index in [1.165, 1.54) is 11.1 Å². The number of carbonyl (C=O) groups is 2. The number of allylic oxidation sites excluding steroid dienone is 4. The van der Waals surface area contributed by atoms with E-state index in [4.69, 9.17) is 15.0 Å². The van der Waals surface area contributed by atoms with Gasteiger partial charge >= 0.3 is 0 Å². The van der Waals surface area contributed by atoms with Crippen molar-refractivity contribution in [3.8, 4) is 0 Å². The minimum absolute atomic E-state index is 0.0802. The predicted molar refractivity (Wildman–Crippen MR) is 77.1 cm³/mol. The fourth-order valence-electron chi connectivity index (χ4n) is 1.25. The molecule has 0 heterocycles. The largest absolute Gasteiger partial charge is 0.481 e. The summed E-state index contributed by atoms with van der Waals surface area (Å²) in [6.45, 7) is 7.03. The Morgan fingerprint density at radius 3 is 1.84 bits per heavy atom. The second kappa shape index (κ2) is 13.0. The molecular formula is C15H26O4. The predicted octanol–water partition coefficient (Wildman–Crippen LogP) is 3.11. The molecule has 0 aliphatic heterocycles. The maximum atomic E-state index is 10.8. The molecule has 0 aliphatic carbocycles. The van der Waals surface area contributed by atoms with Crippen LogP contribution in [0.5, 0.6) is 0 Å². The molecule has 0 radical (unpaired) electrons. The van der Waals surface area contributed by atoms with Crippen molar-refractivity contribution in [3.63, 3.8) is 0 Å². The molecule has 0 aliphatic rings. The van der Waals surface area contributed by atoms with E-state index in [1.54, 1.807) is 0 Å². The number of carboxylic acids is 1. The minimum atomic E-state index is -0.833. The maximum absolute atomic E-state index is 10.8. The van der Waals surface area contributed by atoms with Crippen LogP contribution in [0.1, 0.15) is 53.4 Å². The van der Waals surface area contributed by atoms with Crippen LogP contribution < -0.4 is 0 Å². The van der Waals surface area contributed by atoms with E-state index >= 15 is 0 Å². The zero-order valence-electron chi connectivity index (χ0n) is 12.4. The number of hydrogen-bond donors (Lipinski definition) is 2. The van der Waals surface area contributed by atoms with E-state index in [1.807, 2.05) is 0 Å². The van der Waals surface area contributed by atoms with Crippen molar-refractivity contribution < 1.29 is 19.8 Å². The fourth-order valence-corrected chi connectivity index (χ4v) is 1.25. The summed E-state index contributed by atoms with van der Waals surface area (Å²) < 4.78 is 0. The topological polar surface area (TPSA) is 74.6 Å². The van der Waals surface area contributed by atoms with Crippen LogP contribution in [-0.4, -0.2) is 28.6 Å². The summed E-state index contributed by atoms with van der Waals surface area (Å²) in [5.41, 5.74) is 2.66. The zero-order chi connectivity index (χ0) is 15.3. The molecule has 0 aromatic rings. The molecule has 0 saturated heterocycles. The third-order valence-electron chi connectivity index (χ3n) is 2.18. The number of rotatable bonds is 7.